The molecule has 0 radical (unpaired) electrons. The normalized spacial score (nSPS) is 11.4. The smallest absolute Gasteiger partial charge is 0.242 e. The number of rotatable bonds is 6. The fraction of sp³-hybridized carbons (Fsp3) is 0.158. The maximum atomic E-state index is 12.2. The molecule has 1 heterocycles. The molecule has 7 nitrogen and oxygen atoms in total. The number of oxazole rings is 1. The van der Waals surface area contributed by atoms with Crippen LogP contribution in [0.4, 0.5) is 5.88 Å². The average molecular weight is 417 g/mol. The Bertz CT molecular complexity index is 1130. The van der Waals surface area contributed by atoms with Gasteiger partial charge in [-0.05, 0) is 35.9 Å². The Morgan fingerprint density at radius 1 is 1.18 bits per heavy atom. The van der Waals surface area contributed by atoms with Crippen LogP contribution in [0, 0.1) is 11.3 Å². The minimum Gasteiger partial charge on any atom is -0.419 e. The van der Waals surface area contributed by atoms with Crippen LogP contribution in [0.1, 0.15) is 11.3 Å². The van der Waals surface area contributed by atoms with Gasteiger partial charge in [-0.2, -0.15) is 10.2 Å². The molecule has 1 N–H and O–H groups in total. The van der Waals surface area contributed by atoms with E-state index in [1.807, 2.05) is 24.3 Å². The zero-order chi connectivity index (χ0) is 20.3. The maximum absolute atomic E-state index is 12.2. The highest BCUT2D eigenvalue weighted by Gasteiger charge is 2.19. The quantitative estimate of drug-likeness (QED) is 0.657. The number of nitrogens with one attached hydrogen (secondary N) is 1. The van der Waals surface area contributed by atoms with Crippen molar-refractivity contribution in [2.24, 2.45) is 0 Å². The van der Waals surface area contributed by atoms with E-state index in [4.69, 9.17) is 16.0 Å². The van der Waals surface area contributed by atoms with Gasteiger partial charge in [-0.25, -0.2) is 12.7 Å². The van der Waals surface area contributed by atoms with Crippen LogP contribution in [0.15, 0.2) is 57.8 Å². The lowest BCUT2D eigenvalue weighted by Gasteiger charge is -2.11. The van der Waals surface area contributed by atoms with Crippen LogP contribution in [-0.4, -0.2) is 31.8 Å². The molecule has 0 unspecified atom stereocenters. The summed E-state index contributed by atoms with van der Waals surface area (Å²) < 4.78 is 31.1. The van der Waals surface area contributed by atoms with Gasteiger partial charge in [-0.15, -0.1) is 0 Å². The molecule has 0 aliphatic carbocycles. The zero-order valence-electron chi connectivity index (χ0n) is 15.2. The molecule has 9 heteroatoms. The number of aromatic nitrogens is 1. The summed E-state index contributed by atoms with van der Waals surface area (Å²) in [5.41, 5.74) is 1.51. The van der Waals surface area contributed by atoms with Gasteiger partial charge in [0.2, 0.25) is 27.5 Å². The van der Waals surface area contributed by atoms with Crippen LogP contribution >= 0.6 is 11.6 Å². The zero-order valence-corrected chi connectivity index (χ0v) is 16.8. The van der Waals surface area contributed by atoms with Crippen molar-refractivity contribution in [2.45, 2.75) is 11.4 Å². The van der Waals surface area contributed by atoms with Crippen molar-refractivity contribution < 1.29 is 12.8 Å². The predicted molar refractivity (Wildman–Crippen MR) is 106 cm³/mol. The highest BCUT2D eigenvalue weighted by Crippen LogP contribution is 2.27. The summed E-state index contributed by atoms with van der Waals surface area (Å²) in [5, 5.41) is 12.9. The molecule has 3 aromatic rings. The van der Waals surface area contributed by atoms with Crippen LogP contribution in [0.5, 0.6) is 0 Å². The summed E-state index contributed by atoms with van der Waals surface area (Å²) >= 11 is 6.14. The van der Waals surface area contributed by atoms with E-state index < -0.39 is 10.0 Å². The first kappa shape index (κ1) is 19.9. The number of nitriles is 1. The molecule has 0 fully saturated rings. The molecular weight excluding hydrogens is 400 g/mol. The molecular formula is C19H17ClN4O3S. The monoisotopic (exact) mass is 416 g/mol. The molecule has 0 aliphatic heterocycles. The Morgan fingerprint density at radius 2 is 1.86 bits per heavy atom. The molecule has 0 saturated heterocycles. The van der Waals surface area contributed by atoms with Crippen molar-refractivity contribution in [3.05, 3.63) is 64.8 Å². The van der Waals surface area contributed by atoms with Crippen LogP contribution in [0.3, 0.4) is 0 Å². The molecule has 0 amide bonds. The number of benzene rings is 2. The van der Waals surface area contributed by atoms with E-state index in [9.17, 15) is 13.7 Å². The number of sulfonamides is 1. The molecule has 3 rings (SSSR count). The number of halogens is 1. The largest absolute Gasteiger partial charge is 0.419 e. The number of hydrogen-bond acceptors (Lipinski definition) is 6. The van der Waals surface area contributed by atoms with Crippen molar-refractivity contribution in [1.82, 2.24) is 9.29 Å². The van der Waals surface area contributed by atoms with E-state index in [1.165, 1.54) is 26.2 Å². The van der Waals surface area contributed by atoms with E-state index in [2.05, 4.69) is 10.3 Å². The van der Waals surface area contributed by atoms with E-state index >= 15 is 0 Å². The summed E-state index contributed by atoms with van der Waals surface area (Å²) in [7, 11) is -0.590. The minimum atomic E-state index is -3.52. The molecule has 1 aromatic heterocycles. The molecule has 28 heavy (non-hydrogen) atoms. The lowest BCUT2D eigenvalue weighted by Crippen LogP contribution is -2.22. The summed E-state index contributed by atoms with van der Waals surface area (Å²) in [6, 6.07) is 15.4. The highest BCUT2D eigenvalue weighted by molar-refractivity contribution is 7.89. The van der Waals surface area contributed by atoms with Crippen molar-refractivity contribution in [3.8, 4) is 17.5 Å². The first-order chi connectivity index (χ1) is 13.3. The summed E-state index contributed by atoms with van der Waals surface area (Å²) in [5.74, 6) is 0.439. The van der Waals surface area contributed by atoms with Gasteiger partial charge < -0.3 is 9.73 Å². The van der Waals surface area contributed by atoms with Crippen LogP contribution < -0.4 is 5.32 Å². The molecule has 0 spiro atoms. The second kappa shape index (κ2) is 8.02. The third kappa shape index (κ3) is 4.02. The molecule has 0 atom stereocenters. The van der Waals surface area contributed by atoms with Gasteiger partial charge in [-0.3, -0.25) is 0 Å². The topological polar surface area (TPSA) is 99.2 Å². The summed E-state index contributed by atoms with van der Waals surface area (Å²) in [6.07, 6.45) is 0. The summed E-state index contributed by atoms with van der Waals surface area (Å²) in [4.78, 5) is 4.34. The molecule has 0 aliphatic rings. The number of nitrogens with zero attached hydrogens (tertiary/aromatic N) is 3. The fourth-order valence-corrected chi connectivity index (χ4v) is 3.54. The van der Waals surface area contributed by atoms with E-state index in [-0.39, 0.29) is 22.4 Å². The van der Waals surface area contributed by atoms with Gasteiger partial charge in [-0.1, -0.05) is 29.8 Å². The molecule has 144 valence electrons. The van der Waals surface area contributed by atoms with Crippen LogP contribution in [-0.2, 0) is 16.6 Å². The number of hydrogen-bond donors (Lipinski definition) is 1. The average Bonchev–Trinajstić information content (AvgIpc) is 3.10. The third-order valence-corrected chi connectivity index (χ3v) is 6.21. The third-order valence-electron chi connectivity index (χ3n) is 4.01. The van der Waals surface area contributed by atoms with E-state index in [0.29, 0.717) is 17.1 Å². The lowest BCUT2D eigenvalue weighted by atomic mass is 10.2. The Morgan fingerprint density at radius 3 is 2.46 bits per heavy atom. The minimum absolute atomic E-state index is 0.104. The van der Waals surface area contributed by atoms with Crippen molar-refractivity contribution in [3.63, 3.8) is 0 Å². The van der Waals surface area contributed by atoms with Crippen molar-refractivity contribution in [2.75, 3.05) is 19.4 Å². The van der Waals surface area contributed by atoms with E-state index in [1.54, 1.807) is 18.2 Å². The van der Waals surface area contributed by atoms with Crippen LogP contribution in [0.2, 0.25) is 5.02 Å². The van der Waals surface area contributed by atoms with Crippen molar-refractivity contribution >= 4 is 27.5 Å². The van der Waals surface area contributed by atoms with Gasteiger partial charge in [0.15, 0.2) is 0 Å². The SMILES string of the molecule is CN(C)S(=O)(=O)c1ccc(-c2nc(C#N)c(NCc3ccccc3Cl)o2)cc1. The van der Waals surface area contributed by atoms with Gasteiger partial charge in [0.05, 0.1) is 4.90 Å². The highest BCUT2D eigenvalue weighted by atomic mass is 35.5. The lowest BCUT2D eigenvalue weighted by molar-refractivity contribution is 0.520. The maximum Gasteiger partial charge on any atom is 0.242 e. The fourth-order valence-electron chi connectivity index (χ4n) is 2.44. The van der Waals surface area contributed by atoms with Gasteiger partial charge in [0.25, 0.3) is 0 Å². The molecule has 0 bridgehead atoms. The predicted octanol–water partition coefficient (Wildman–Crippen LogP) is 3.73. The number of anilines is 1. The van der Waals surface area contributed by atoms with Crippen molar-refractivity contribution in [1.29, 1.82) is 5.26 Å². The van der Waals surface area contributed by atoms with Gasteiger partial charge in [0, 0.05) is 31.2 Å². The second-order valence-electron chi connectivity index (χ2n) is 6.07. The van der Waals surface area contributed by atoms with E-state index in [0.717, 1.165) is 9.87 Å². The Kier molecular flexibility index (Phi) is 5.70. The summed E-state index contributed by atoms with van der Waals surface area (Å²) in [6.45, 7) is 0.364. The van der Waals surface area contributed by atoms with Gasteiger partial charge in [0.1, 0.15) is 6.07 Å². The first-order valence-electron chi connectivity index (χ1n) is 8.24. The Hall–Kier alpha value is -2.86. The molecule has 0 saturated carbocycles. The first-order valence-corrected chi connectivity index (χ1v) is 10.1. The second-order valence-corrected chi connectivity index (χ2v) is 8.62. The van der Waals surface area contributed by atoms with Gasteiger partial charge >= 0.3 is 0 Å². The standard InChI is InChI=1S/C19H17ClN4O3S/c1-24(2)28(25,26)15-9-7-13(8-10-15)18-23-17(11-21)19(27-18)22-12-14-5-3-4-6-16(14)20/h3-10,22H,12H2,1-2H3. The van der Waals surface area contributed by atoms with Crippen LogP contribution in [0.25, 0.3) is 11.5 Å². The Balaban J connectivity index is 1.84. The molecule has 2 aromatic carbocycles. The Labute approximate surface area is 168 Å².